The molecule has 0 fully saturated rings. The van der Waals surface area contributed by atoms with Crippen LogP contribution in [0.1, 0.15) is 34.0 Å². The summed E-state index contributed by atoms with van der Waals surface area (Å²) >= 11 is 1.51. The predicted molar refractivity (Wildman–Crippen MR) is 129 cm³/mol. The van der Waals surface area contributed by atoms with Crippen molar-refractivity contribution in [2.45, 2.75) is 37.0 Å². The van der Waals surface area contributed by atoms with E-state index in [1.54, 1.807) is 50.5 Å². The molecule has 0 radical (unpaired) electrons. The summed E-state index contributed by atoms with van der Waals surface area (Å²) in [6.45, 7) is 5.04. The van der Waals surface area contributed by atoms with E-state index < -0.39 is 15.1 Å². The van der Waals surface area contributed by atoms with Crippen molar-refractivity contribution >= 4 is 43.9 Å². The zero-order valence-electron chi connectivity index (χ0n) is 18.2. The number of sulfone groups is 1. The van der Waals surface area contributed by atoms with Gasteiger partial charge >= 0.3 is 0 Å². The monoisotopic (exact) mass is 481 g/mol. The van der Waals surface area contributed by atoms with Crippen LogP contribution >= 0.6 is 11.3 Å². The van der Waals surface area contributed by atoms with Crippen LogP contribution in [0.15, 0.2) is 47.6 Å². The Morgan fingerprint density at radius 3 is 2.73 bits per heavy atom. The van der Waals surface area contributed by atoms with Crippen LogP contribution in [0.5, 0.6) is 0 Å². The number of amides is 1. The Hall–Kier alpha value is -3.08. The fourth-order valence-electron chi connectivity index (χ4n) is 3.76. The lowest BCUT2D eigenvalue weighted by Crippen LogP contribution is -2.21. The van der Waals surface area contributed by atoms with Crippen molar-refractivity contribution in [1.82, 2.24) is 20.3 Å². The minimum Gasteiger partial charge on any atom is -0.343 e. The number of aromatic amines is 1. The van der Waals surface area contributed by atoms with Gasteiger partial charge in [-0.3, -0.25) is 4.79 Å². The number of anilines is 1. The summed E-state index contributed by atoms with van der Waals surface area (Å²) in [7, 11) is -3.34. The Bertz CT molecular complexity index is 1430. The molecule has 0 saturated heterocycles. The van der Waals surface area contributed by atoms with E-state index in [9.17, 15) is 13.2 Å². The predicted octanol–water partition coefficient (Wildman–Crippen LogP) is 3.77. The topological polar surface area (TPSA) is 117 Å². The Kier molecular flexibility index (Phi) is 5.51. The molecule has 0 atom stereocenters. The second-order valence-electron chi connectivity index (χ2n) is 8.21. The van der Waals surface area contributed by atoms with E-state index in [2.05, 4.69) is 25.6 Å². The molecule has 3 N–H and O–H groups in total. The Balaban J connectivity index is 1.42. The standard InChI is InChI=1S/C23H23N5O3S2/c1-13(2)33(30,31)16-5-3-14(4-6-16)17-10-25-22-21(27-17)18(11-26-22)28-23(29)19-9-15-7-8-24-12-20(15)32-19/h3-6,9-11,13,24H,7-8,12H2,1-2H3,(H,25,26)(H,28,29). The lowest BCUT2D eigenvalue weighted by molar-refractivity contribution is 0.103. The minimum atomic E-state index is -3.34. The molecular weight excluding hydrogens is 458 g/mol. The molecule has 33 heavy (non-hydrogen) atoms. The van der Waals surface area contributed by atoms with E-state index >= 15 is 0 Å². The van der Waals surface area contributed by atoms with Gasteiger partial charge in [0.1, 0.15) is 5.52 Å². The lowest BCUT2D eigenvalue weighted by Gasteiger charge is -2.10. The average Bonchev–Trinajstić information content (AvgIpc) is 3.43. The van der Waals surface area contributed by atoms with Crippen LogP contribution in [0.25, 0.3) is 22.4 Å². The van der Waals surface area contributed by atoms with E-state index in [1.165, 1.54) is 21.8 Å². The zero-order chi connectivity index (χ0) is 23.2. The second-order valence-corrected chi connectivity index (χ2v) is 11.9. The molecule has 1 amide bonds. The highest BCUT2D eigenvalue weighted by atomic mass is 32.2. The summed E-state index contributed by atoms with van der Waals surface area (Å²) in [5.74, 6) is -0.175. The molecule has 170 valence electrons. The third-order valence-electron chi connectivity index (χ3n) is 5.71. The number of fused-ring (bicyclic) bond motifs is 2. The Morgan fingerprint density at radius 1 is 1.21 bits per heavy atom. The molecule has 0 aliphatic carbocycles. The first-order valence-corrected chi connectivity index (χ1v) is 13.0. The maximum atomic E-state index is 12.9. The number of thiophene rings is 1. The van der Waals surface area contributed by atoms with E-state index in [1.807, 2.05) is 6.07 Å². The van der Waals surface area contributed by atoms with Gasteiger partial charge in [-0.25, -0.2) is 18.4 Å². The third-order valence-corrected chi connectivity index (χ3v) is 9.05. The minimum absolute atomic E-state index is 0.175. The first-order chi connectivity index (χ1) is 15.8. The fraction of sp³-hybridized carbons (Fsp3) is 0.261. The van der Waals surface area contributed by atoms with Crippen molar-refractivity contribution in [3.8, 4) is 11.3 Å². The van der Waals surface area contributed by atoms with Gasteiger partial charge in [-0.2, -0.15) is 0 Å². The second kappa shape index (κ2) is 8.36. The van der Waals surface area contributed by atoms with Crippen LogP contribution in [-0.4, -0.2) is 41.1 Å². The molecular formula is C23H23N5O3S2. The van der Waals surface area contributed by atoms with Crippen molar-refractivity contribution in [1.29, 1.82) is 0 Å². The SMILES string of the molecule is CC(C)S(=O)(=O)c1ccc(-c2cnc3[nH]cc(NC(=O)c4cc5c(s4)CNCC5)c3n2)cc1. The average molecular weight is 482 g/mol. The summed E-state index contributed by atoms with van der Waals surface area (Å²) in [5.41, 5.74) is 4.21. The van der Waals surface area contributed by atoms with Crippen molar-refractivity contribution in [2.24, 2.45) is 0 Å². The van der Waals surface area contributed by atoms with E-state index in [4.69, 9.17) is 0 Å². The molecule has 0 spiro atoms. The van der Waals surface area contributed by atoms with Gasteiger partial charge in [-0.15, -0.1) is 11.3 Å². The van der Waals surface area contributed by atoms with Crippen LogP contribution in [0.4, 0.5) is 5.69 Å². The van der Waals surface area contributed by atoms with Crippen molar-refractivity contribution < 1.29 is 13.2 Å². The van der Waals surface area contributed by atoms with Gasteiger partial charge in [0.15, 0.2) is 15.5 Å². The van der Waals surface area contributed by atoms with E-state index in [0.29, 0.717) is 27.4 Å². The number of carbonyl (C=O) groups is 1. The lowest BCUT2D eigenvalue weighted by atomic mass is 10.1. The molecule has 0 saturated carbocycles. The normalized spacial score (nSPS) is 13.9. The number of aromatic nitrogens is 3. The first-order valence-electron chi connectivity index (χ1n) is 10.6. The molecule has 1 aliphatic heterocycles. The number of benzene rings is 1. The van der Waals surface area contributed by atoms with Crippen molar-refractivity contribution in [2.75, 3.05) is 11.9 Å². The highest BCUT2D eigenvalue weighted by Crippen LogP contribution is 2.28. The number of nitrogens with one attached hydrogen (secondary N) is 3. The van der Waals surface area contributed by atoms with Gasteiger partial charge in [0.2, 0.25) is 0 Å². The van der Waals surface area contributed by atoms with Gasteiger partial charge in [0.05, 0.1) is 32.6 Å². The van der Waals surface area contributed by atoms with Crippen molar-refractivity contribution in [3.63, 3.8) is 0 Å². The van der Waals surface area contributed by atoms with Crippen LogP contribution in [0, 0.1) is 0 Å². The molecule has 1 aliphatic rings. The molecule has 4 heterocycles. The van der Waals surface area contributed by atoms with E-state index in [-0.39, 0.29) is 10.8 Å². The molecule has 0 unspecified atom stereocenters. The molecule has 4 aromatic rings. The number of rotatable bonds is 5. The van der Waals surface area contributed by atoms with Crippen LogP contribution in [0.3, 0.4) is 0 Å². The molecule has 10 heteroatoms. The van der Waals surface area contributed by atoms with Crippen molar-refractivity contribution in [3.05, 3.63) is 58.0 Å². The zero-order valence-corrected chi connectivity index (χ0v) is 19.8. The van der Waals surface area contributed by atoms with Crippen LogP contribution < -0.4 is 10.6 Å². The summed E-state index contributed by atoms with van der Waals surface area (Å²) < 4.78 is 24.7. The first kappa shape index (κ1) is 21.7. The number of carbonyl (C=O) groups excluding carboxylic acids is 1. The van der Waals surface area contributed by atoms with Gasteiger partial charge < -0.3 is 15.6 Å². The number of hydrogen-bond donors (Lipinski definition) is 3. The smallest absolute Gasteiger partial charge is 0.265 e. The number of H-pyrrole nitrogens is 1. The van der Waals surface area contributed by atoms with Crippen LogP contribution in [-0.2, 0) is 22.8 Å². The van der Waals surface area contributed by atoms with Gasteiger partial charge in [-0.05, 0) is 50.6 Å². The summed E-state index contributed by atoms with van der Waals surface area (Å²) in [6.07, 6.45) is 4.23. The molecule has 1 aromatic carbocycles. The maximum absolute atomic E-state index is 12.9. The largest absolute Gasteiger partial charge is 0.343 e. The fourth-order valence-corrected chi connectivity index (χ4v) is 5.90. The molecule has 8 nitrogen and oxygen atoms in total. The maximum Gasteiger partial charge on any atom is 0.265 e. The third kappa shape index (κ3) is 4.05. The molecule has 3 aromatic heterocycles. The highest BCUT2D eigenvalue weighted by molar-refractivity contribution is 7.92. The summed E-state index contributed by atoms with van der Waals surface area (Å²) in [4.78, 5) is 27.2. The Morgan fingerprint density at radius 2 is 2.00 bits per heavy atom. The number of hydrogen-bond acceptors (Lipinski definition) is 7. The summed E-state index contributed by atoms with van der Waals surface area (Å²) in [5, 5.41) is 5.78. The van der Waals surface area contributed by atoms with Gasteiger partial charge in [0.25, 0.3) is 5.91 Å². The molecule has 0 bridgehead atoms. The van der Waals surface area contributed by atoms with Gasteiger partial charge in [-0.1, -0.05) is 12.1 Å². The summed E-state index contributed by atoms with van der Waals surface area (Å²) in [6, 6.07) is 8.59. The Labute approximate surface area is 195 Å². The van der Waals surface area contributed by atoms with E-state index in [0.717, 1.165) is 25.1 Å². The number of nitrogens with zero attached hydrogens (tertiary/aromatic N) is 2. The molecule has 5 rings (SSSR count). The van der Waals surface area contributed by atoms with Gasteiger partial charge in [0, 0.05) is 23.2 Å². The quantitative estimate of drug-likeness (QED) is 0.400. The highest BCUT2D eigenvalue weighted by Gasteiger charge is 2.20. The van der Waals surface area contributed by atoms with Crippen LogP contribution in [0.2, 0.25) is 0 Å².